The van der Waals surface area contributed by atoms with Crippen LogP contribution in [0.4, 0.5) is 13.2 Å². The normalized spacial score (nSPS) is 19.4. The van der Waals surface area contributed by atoms with E-state index in [0.29, 0.717) is 19.3 Å². The molecule has 1 aromatic rings. The zero-order valence-electron chi connectivity index (χ0n) is 11.0. The zero-order chi connectivity index (χ0) is 15.1. The van der Waals surface area contributed by atoms with Crippen LogP contribution in [0.3, 0.4) is 0 Å². The van der Waals surface area contributed by atoms with Crippen LogP contribution in [0.2, 0.25) is 0 Å². The van der Waals surface area contributed by atoms with E-state index in [-0.39, 0.29) is 30.3 Å². The lowest BCUT2D eigenvalue weighted by molar-refractivity contribution is -0.139. The summed E-state index contributed by atoms with van der Waals surface area (Å²) in [7, 11) is 0. The van der Waals surface area contributed by atoms with E-state index in [1.54, 1.807) is 0 Å². The summed E-state index contributed by atoms with van der Waals surface area (Å²) < 4.78 is 50.7. The SMILES string of the molecule is O=C=NC1(c2c(C(F)(F)F)ccc3c2OCCO3)CCC1. The number of carbonyl (C=O) groups excluding carboxylic acids is 1. The highest BCUT2D eigenvalue weighted by molar-refractivity contribution is 5.57. The molecule has 0 spiro atoms. The maximum atomic E-state index is 13.3. The number of aliphatic imine (C=N–C) groups is 1. The Labute approximate surface area is 118 Å². The van der Waals surface area contributed by atoms with Crippen molar-refractivity contribution >= 4 is 6.08 Å². The van der Waals surface area contributed by atoms with E-state index in [4.69, 9.17) is 9.47 Å². The zero-order valence-corrected chi connectivity index (χ0v) is 11.0. The smallest absolute Gasteiger partial charge is 0.416 e. The Morgan fingerprint density at radius 3 is 2.48 bits per heavy atom. The van der Waals surface area contributed by atoms with Crippen molar-refractivity contribution in [1.82, 2.24) is 0 Å². The molecule has 1 fully saturated rings. The predicted octanol–water partition coefficient (Wildman–Crippen LogP) is 3.19. The van der Waals surface area contributed by atoms with Gasteiger partial charge in [-0.05, 0) is 31.4 Å². The second-order valence-corrected chi connectivity index (χ2v) is 5.10. The summed E-state index contributed by atoms with van der Waals surface area (Å²) in [6.07, 6.45) is -1.71. The summed E-state index contributed by atoms with van der Waals surface area (Å²) in [6.45, 7) is 0.448. The van der Waals surface area contributed by atoms with Crippen LogP contribution in [-0.2, 0) is 16.5 Å². The minimum atomic E-state index is -4.55. The average molecular weight is 299 g/mol. The highest BCUT2D eigenvalue weighted by Crippen LogP contribution is 2.55. The first-order valence-electron chi connectivity index (χ1n) is 6.57. The number of isocyanates is 1. The summed E-state index contributed by atoms with van der Waals surface area (Å²) in [5.74, 6) is 0.311. The molecule has 1 heterocycles. The van der Waals surface area contributed by atoms with Crippen molar-refractivity contribution in [2.24, 2.45) is 4.99 Å². The van der Waals surface area contributed by atoms with Crippen molar-refractivity contribution in [2.75, 3.05) is 13.2 Å². The first-order chi connectivity index (χ1) is 9.98. The Bertz CT molecular complexity index is 617. The summed E-state index contributed by atoms with van der Waals surface area (Å²) in [5.41, 5.74) is -2.12. The van der Waals surface area contributed by atoms with Crippen LogP contribution in [0.25, 0.3) is 0 Å². The van der Waals surface area contributed by atoms with Gasteiger partial charge in [0.2, 0.25) is 6.08 Å². The molecule has 1 aliphatic carbocycles. The predicted molar refractivity (Wildman–Crippen MR) is 66.1 cm³/mol. The molecule has 0 aromatic heterocycles. The van der Waals surface area contributed by atoms with Crippen molar-refractivity contribution in [3.05, 3.63) is 23.3 Å². The average Bonchev–Trinajstić information content (AvgIpc) is 2.41. The number of nitrogens with zero attached hydrogens (tertiary/aromatic N) is 1. The van der Waals surface area contributed by atoms with Gasteiger partial charge in [-0.1, -0.05) is 0 Å². The number of fused-ring (bicyclic) bond motifs is 1. The fourth-order valence-electron chi connectivity index (χ4n) is 2.83. The molecular formula is C14H12F3NO3. The van der Waals surface area contributed by atoms with Gasteiger partial charge in [0, 0.05) is 5.56 Å². The largest absolute Gasteiger partial charge is 0.486 e. The van der Waals surface area contributed by atoms with Crippen molar-refractivity contribution < 1.29 is 27.4 Å². The molecule has 0 atom stereocenters. The topological polar surface area (TPSA) is 47.9 Å². The molecule has 21 heavy (non-hydrogen) atoms. The van der Waals surface area contributed by atoms with Gasteiger partial charge in [-0.15, -0.1) is 0 Å². The van der Waals surface area contributed by atoms with Crippen molar-refractivity contribution in [1.29, 1.82) is 0 Å². The molecule has 0 N–H and O–H groups in total. The van der Waals surface area contributed by atoms with Gasteiger partial charge in [-0.2, -0.15) is 18.2 Å². The molecule has 0 saturated heterocycles. The van der Waals surface area contributed by atoms with E-state index in [1.807, 2.05) is 0 Å². The van der Waals surface area contributed by atoms with Gasteiger partial charge in [0.25, 0.3) is 0 Å². The molecule has 1 aromatic carbocycles. The monoisotopic (exact) mass is 299 g/mol. The minimum absolute atomic E-state index is 0.0507. The molecule has 112 valence electrons. The van der Waals surface area contributed by atoms with Gasteiger partial charge < -0.3 is 9.47 Å². The number of hydrogen-bond donors (Lipinski definition) is 0. The van der Waals surface area contributed by atoms with Crippen LogP contribution in [0.15, 0.2) is 17.1 Å². The number of ether oxygens (including phenoxy) is 2. The Balaban J connectivity index is 2.26. The van der Waals surface area contributed by atoms with Crippen LogP contribution >= 0.6 is 0 Å². The van der Waals surface area contributed by atoms with Gasteiger partial charge in [-0.25, -0.2) is 4.79 Å². The third kappa shape index (κ3) is 2.17. The van der Waals surface area contributed by atoms with Crippen molar-refractivity contribution in [3.8, 4) is 11.5 Å². The molecule has 3 rings (SSSR count). The lowest BCUT2D eigenvalue weighted by atomic mass is 9.70. The lowest BCUT2D eigenvalue weighted by Gasteiger charge is -2.40. The molecule has 0 bridgehead atoms. The summed E-state index contributed by atoms with van der Waals surface area (Å²) >= 11 is 0. The summed E-state index contributed by atoms with van der Waals surface area (Å²) in [5, 5.41) is 0. The van der Waals surface area contributed by atoms with Gasteiger partial charge >= 0.3 is 6.18 Å². The van der Waals surface area contributed by atoms with E-state index in [0.717, 1.165) is 6.07 Å². The highest BCUT2D eigenvalue weighted by Gasteiger charge is 2.49. The first kappa shape index (κ1) is 13.9. The Kier molecular flexibility index (Phi) is 3.17. The minimum Gasteiger partial charge on any atom is -0.486 e. The summed E-state index contributed by atoms with van der Waals surface area (Å²) in [6, 6.07) is 2.21. The van der Waals surface area contributed by atoms with E-state index < -0.39 is 17.3 Å². The van der Waals surface area contributed by atoms with E-state index in [2.05, 4.69) is 4.99 Å². The number of rotatable bonds is 2. The molecule has 0 radical (unpaired) electrons. The van der Waals surface area contributed by atoms with Crippen LogP contribution in [0, 0.1) is 0 Å². The maximum Gasteiger partial charge on any atom is 0.416 e. The number of alkyl halides is 3. The maximum absolute atomic E-state index is 13.3. The number of hydrogen-bond acceptors (Lipinski definition) is 4. The van der Waals surface area contributed by atoms with Crippen LogP contribution in [0.5, 0.6) is 11.5 Å². The van der Waals surface area contributed by atoms with Crippen molar-refractivity contribution in [2.45, 2.75) is 31.0 Å². The second kappa shape index (κ2) is 4.77. The molecular weight excluding hydrogens is 287 g/mol. The number of halogens is 3. The third-order valence-corrected chi connectivity index (χ3v) is 3.92. The Morgan fingerprint density at radius 1 is 1.19 bits per heavy atom. The first-order valence-corrected chi connectivity index (χ1v) is 6.57. The van der Waals surface area contributed by atoms with Crippen LogP contribution in [-0.4, -0.2) is 19.3 Å². The highest BCUT2D eigenvalue weighted by atomic mass is 19.4. The van der Waals surface area contributed by atoms with Crippen molar-refractivity contribution in [3.63, 3.8) is 0 Å². The van der Waals surface area contributed by atoms with E-state index in [1.165, 1.54) is 12.1 Å². The van der Waals surface area contributed by atoms with E-state index in [9.17, 15) is 18.0 Å². The van der Waals surface area contributed by atoms with Gasteiger partial charge in [0.05, 0.1) is 5.56 Å². The molecule has 4 nitrogen and oxygen atoms in total. The molecule has 0 amide bonds. The lowest BCUT2D eigenvalue weighted by Crippen LogP contribution is -2.36. The van der Waals surface area contributed by atoms with Gasteiger partial charge in [0.1, 0.15) is 18.8 Å². The molecule has 2 aliphatic rings. The Morgan fingerprint density at radius 2 is 1.90 bits per heavy atom. The Hall–Kier alpha value is -2.01. The summed E-state index contributed by atoms with van der Waals surface area (Å²) in [4.78, 5) is 14.3. The molecule has 1 saturated carbocycles. The van der Waals surface area contributed by atoms with Gasteiger partial charge in [-0.3, -0.25) is 0 Å². The van der Waals surface area contributed by atoms with Crippen LogP contribution in [0.1, 0.15) is 30.4 Å². The second-order valence-electron chi connectivity index (χ2n) is 5.10. The van der Waals surface area contributed by atoms with Gasteiger partial charge in [0.15, 0.2) is 11.5 Å². The third-order valence-electron chi connectivity index (χ3n) is 3.92. The fraction of sp³-hybridized carbons (Fsp3) is 0.500. The van der Waals surface area contributed by atoms with Crippen LogP contribution < -0.4 is 9.47 Å². The van der Waals surface area contributed by atoms with E-state index >= 15 is 0 Å². The quantitative estimate of drug-likeness (QED) is 0.622. The molecule has 7 heteroatoms. The fourth-order valence-corrected chi connectivity index (χ4v) is 2.83. The molecule has 1 aliphatic heterocycles. The molecule has 0 unspecified atom stereocenters. The number of benzene rings is 1. The standard InChI is InChI=1S/C14H12F3NO3/c15-14(16,17)9-2-3-10-12(21-7-6-20-10)11(9)13(18-8-19)4-1-5-13/h2-3H,1,4-7H2.